The number of anilines is 1. The maximum absolute atomic E-state index is 12.6. The third-order valence-corrected chi connectivity index (χ3v) is 4.38. The molecule has 1 aliphatic heterocycles. The van der Waals surface area contributed by atoms with E-state index in [2.05, 4.69) is 5.32 Å². The van der Waals surface area contributed by atoms with Crippen LogP contribution in [0.5, 0.6) is 0 Å². The van der Waals surface area contributed by atoms with Crippen LogP contribution in [-0.2, 0) is 16.1 Å². The normalized spacial score (nSPS) is 16.5. The van der Waals surface area contributed by atoms with E-state index in [-0.39, 0.29) is 36.1 Å². The molecule has 7 heteroatoms. The standard InChI is InChI=1S/C18H18N2O5/c1-10-13(18(23)24)7-11(25-10)9-19-17(22)14-8-16(21)20(2)15-6-4-3-5-12(14)15/h3-7,14H,8-9H2,1-2H3,(H,19,22)(H,23,24). The second kappa shape index (κ2) is 6.43. The van der Waals surface area contributed by atoms with Gasteiger partial charge in [-0.2, -0.15) is 0 Å². The maximum atomic E-state index is 12.6. The van der Waals surface area contributed by atoms with Crippen molar-refractivity contribution >= 4 is 23.5 Å². The van der Waals surface area contributed by atoms with Crippen molar-refractivity contribution in [3.8, 4) is 0 Å². The summed E-state index contributed by atoms with van der Waals surface area (Å²) < 4.78 is 5.35. The van der Waals surface area contributed by atoms with Crippen molar-refractivity contribution in [3.63, 3.8) is 0 Å². The van der Waals surface area contributed by atoms with Crippen molar-refractivity contribution in [1.82, 2.24) is 5.32 Å². The number of furan rings is 1. The van der Waals surface area contributed by atoms with Crippen LogP contribution < -0.4 is 10.2 Å². The quantitative estimate of drug-likeness (QED) is 0.886. The van der Waals surface area contributed by atoms with Gasteiger partial charge in [0, 0.05) is 19.2 Å². The molecule has 1 aliphatic rings. The molecule has 0 bridgehead atoms. The molecule has 130 valence electrons. The first-order chi connectivity index (χ1) is 11.9. The van der Waals surface area contributed by atoms with E-state index in [4.69, 9.17) is 9.52 Å². The van der Waals surface area contributed by atoms with Crippen LogP contribution in [0.15, 0.2) is 34.7 Å². The fourth-order valence-corrected chi connectivity index (χ4v) is 3.02. The molecule has 2 N–H and O–H groups in total. The van der Waals surface area contributed by atoms with E-state index in [1.807, 2.05) is 24.3 Å². The summed E-state index contributed by atoms with van der Waals surface area (Å²) in [5.41, 5.74) is 1.59. The van der Waals surface area contributed by atoms with E-state index in [1.165, 1.54) is 6.07 Å². The minimum atomic E-state index is -1.08. The number of hydrogen-bond donors (Lipinski definition) is 2. The highest BCUT2D eigenvalue weighted by molar-refractivity contribution is 6.02. The lowest BCUT2D eigenvalue weighted by Gasteiger charge is -2.30. The third-order valence-electron chi connectivity index (χ3n) is 4.38. The second-order valence-corrected chi connectivity index (χ2v) is 5.97. The first-order valence-electron chi connectivity index (χ1n) is 7.84. The van der Waals surface area contributed by atoms with E-state index in [0.717, 1.165) is 11.3 Å². The highest BCUT2D eigenvalue weighted by Crippen LogP contribution is 2.35. The van der Waals surface area contributed by atoms with Crippen LogP contribution in [0, 0.1) is 6.92 Å². The molecule has 1 atom stereocenters. The Morgan fingerprint density at radius 3 is 2.76 bits per heavy atom. The molecule has 25 heavy (non-hydrogen) atoms. The van der Waals surface area contributed by atoms with Gasteiger partial charge in [0.2, 0.25) is 11.8 Å². The first kappa shape index (κ1) is 16.8. The van der Waals surface area contributed by atoms with Crippen molar-refractivity contribution in [2.24, 2.45) is 0 Å². The molecule has 7 nitrogen and oxygen atoms in total. The number of hydrogen-bond acceptors (Lipinski definition) is 4. The first-order valence-corrected chi connectivity index (χ1v) is 7.84. The Kier molecular flexibility index (Phi) is 4.31. The lowest BCUT2D eigenvalue weighted by Crippen LogP contribution is -2.39. The molecule has 3 rings (SSSR count). The summed E-state index contributed by atoms with van der Waals surface area (Å²) in [6, 6.07) is 8.69. The van der Waals surface area contributed by atoms with Crippen LogP contribution >= 0.6 is 0 Å². The molecule has 1 unspecified atom stereocenters. The van der Waals surface area contributed by atoms with Crippen LogP contribution in [-0.4, -0.2) is 29.9 Å². The number of aromatic carboxylic acids is 1. The average Bonchev–Trinajstić information content (AvgIpc) is 2.97. The van der Waals surface area contributed by atoms with Gasteiger partial charge in [0.15, 0.2) is 0 Å². The number of carboxylic acid groups (broad SMARTS) is 1. The Balaban J connectivity index is 1.76. The lowest BCUT2D eigenvalue weighted by molar-refractivity contribution is -0.127. The number of aryl methyl sites for hydroxylation is 1. The molecule has 1 aromatic carbocycles. The van der Waals surface area contributed by atoms with Gasteiger partial charge in [0.1, 0.15) is 17.1 Å². The Morgan fingerprint density at radius 2 is 2.08 bits per heavy atom. The van der Waals surface area contributed by atoms with Gasteiger partial charge in [-0.1, -0.05) is 18.2 Å². The van der Waals surface area contributed by atoms with Crippen LogP contribution in [0.25, 0.3) is 0 Å². The van der Waals surface area contributed by atoms with Crippen molar-refractivity contribution < 1.29 is 23.9 Å². The third kappa shape index (κ3) is 3.13. The number of para-hydroxylation sites is 1. The number of rotatable bonds is 4. The summed E-state index contributed by atoms with van der Waals surface area (Å²) in [5.74, 6) is -1.42. The summed E-state index contributed by atoms with van der Waals surface area (Å²) in [4.78, 5) is 37.3. The van der Waals surface area contributed by atoms with E-state index >= 15 is 0 Å². The minimum Gasteiger partial charge on any atom is -0.478 e. The van der Waals surface area contributed by atoms with Gasteiger partial charge in [-0.05, 0) is 24.6 Å². The zero-order valence-corrected chi connectivity index (χ0v) is 13.9. The Hall–Kier alpha value is -3.09. The molecule has 0 saturated carbocycles. The van der Waals surface area contributed by atoms with Crippen LogP contribution in [0.2, 0.25) is 0 Å². The number of carboxylic acids is 1. The van der Waals surface area contributed by atoms with Gasteiger partial charge in [-0.25, -0.2) is 4.79 Å². The van der Waals surface area contributed by atoms with Crippen LogP contribution in [0.4, 0.5) is 5.69 Å². The van der Waals surface area contributed by atoms with Crippen LogP contribution in [0.1, 0.15) is 39.8 Å². The zero-order valence-electron chi connectivity index (χ0n) is 13.9. The van der Waals surface area contributed by atoms with Crippen molar-refractivity contribution in [2.45, 2.75) is 25.8 Å². The summed E-state index contributed by atoms with van der Waals surface area (Å²) in [7, 11) is 1.69. The fraction of sp³-hybridized carbons (Fsp3) is 0.278. The topological polar surface area (TPSA) is 99.9 Å². The monoisotopic (exact) mass is 342 g/mol. The molecule has 0 saturated heterocycles. The van der Waals surface area contributed by atoms with Crippen LogP contribution in [0.3, 0.4) is 0 Å². The Labute approximate surface area is 144 Å². The molecule has 0 fully saturated rings. The van der Waals surface area contributed by atoms with Gasteiger partial charge < -0.3 is 19.7 Å². The second-order valence-electron chi connectivity index (χ2n) is 5.97. The summed E-state index contributed by atoms with van der Waals surface area (Å²) in [5, 5.41) is 11.8. The van der Waals surface area contributed by atoms with Crippen molar-refractivity contribution in [1.29, 1.82) is 0 Å². The molecule has 2 heterocycles. The molecule has 2 aromatic rings. The lowest BCUT2D eigenvalue weighted by atomic mass is 9.89. The Bertz CT molecular complexity index is 855. The van der Waals surface area contributed by atoms with E-state index in [0.29, 0.717) is 5.76 Å². The highest BCUT2D eigenvalue weighted by Gasteiger charge is 2.33. The van der Waals surface area contributed by atoms with Gasteiger partial charge in [-0.3, -0.25) is 9.59 Å². The average molecular weight is 342 g/mol. The maximum Gasteiger partial charge on any atom is 0.339 e. The fourth-order valence-electron chi connectivity index (χ4n) is 3.02. The van der Waals surface area contributed by atoms with E-state index in [1.54, 1.807) is 18.9 Å². The molecule has 0 spiro atoms. The van der Waals surface area contributed by atoms with Gasteiger partial charge >= 0.3 is 5.97 Å². The summed E-state index contributed by atoms with van der Waals surface area (Å²) >= 11 is 0. The SMILES string of the molecule is Cc1oc(CNC(=O)C2CC(=O)N(C)c3ccccc32)cc1C(=O)O. The number of nitrogens with one attached hydrogen (secondary N) is 1. The van der Waals surface area contributed by atoms with Gasteiger partial charge in [-0.15, -0.1) is 0 Å². The molecule has 0 radical (unpaired) electrons. The van der Waals surface area contributed by atoms with Gasteiger partial charge in [0.25, 0.3) is 0 Å². The molecular formula is C18H18N2O5. The van der Waals surface area contributed by atoms with Crippen molar-refractivity contribution in [3.05, 3.63) is 53.0 Å². The number of benzene rings is 1. The molecule has 1 aromatic heterocycles. The molecule has 0 aliphatic carbocycles. The number of amides is 2. The largest absolute Gasteiger partial charge is 0.478 e. The number of nitrogens with zero attached hydrogens (tertiary/aromatic N) is 1. The number of fused-ring (bicyclic) bond motifs is 1. The highest BCUT2D eigenvalue weighted by atomic mass is 16.4. The van der Waals surface area contributed by atoms with E-state index in [9.17, 15) is 14.4 Å². The van der Waals surface area contributed by atoms with E-state index < -0.39 is 11.9 Å². The minimum absolute atomic E-state index is 0.0651. The smallest absolute Gasteiger partial charge is 0.339 e. The summed E-state index contributed by atoms with van der Waals surface area (Å²) in [6.45, 7) is 1.62. The number of carbonyl (C=O) groups is 3. The predicted octanol–water partition coefficient (Wildman–Crippen LogP) is 2.05. The van der Waals surface area contributed by atoms with Crippen molar-refractivity contribution in [2.75, 3.05) is 11.9 Å². The van der Waals surface area contributed by atoms with Gasteiger partial charge in [0.05, 0.1) is 12.5 Å². The molecule has 2 amide bonds. The Morgan fingerprint density at radius 1 is 1.36 bits per heavy atom. The molecular weight excluding hydrogens is 324 g/mol. The number of carbonyl (C=O) groups excluding carboxylic acids is 2. The summed E-state index contributed by atoms with van der Waals surface area (Å²) in [6.07, 6.45) is 0.0942. The zero-order chi connectivity index (χ0) is 18.1. The predicted molar refractivity (Wildman–Crippen MR) is 89.5 cm³/mol.